The van der Waals surface area contributed by atoms with E-state index in [1.165, 1.54) is 0 Å². The second kappa shape index (κ2) is 17.0. The van der Waals surface area contributed by atoms with Crippen LogP contribution in [-0.2, 0) is 19.0 Å². The highest BCUT2D eigenvalue weighted by molar-refractivity contribution is 5.70. The van der Waals surface area contributed by atoms with Gasteiger partial charge in [-0.3, -0.25) is 4.79 Å². The minimum absolute atomic E-state index is 0.0488. The zero-order valence-corrected chi connectivity index (χ0v) is 27.2. The smallest absolute Gasteiger partial charge is 0.410 e. The van der Waals surface area contributed by atoms with Crippen molar-refractivity contribution in [2.24, 2.45) is 11.8 Å². The van der Waals surface area contributed by atoms with Gasteiger partial charge in [0.2, 0.25) is 0 Å². The van der Waals surface area contributed by atoms with Gasteiger partial charge in [-0.2, -0.15) is 0 Å². The lowest BCUT2D eigenvalue weighted by Crippen LogP contribution is -2.50. The molecule has 0 aliphatic carbocycles. The molecule has 3 rings (SSSR count). The summed E-state index contributed by atoms with van der Waals surface area (Å²) in [4.78, 5) is 43.5. The number of likely N-dealkylation sites (tertiary alicyclic amines) is 1. The van der Waals surface area contributed by atoms with Crippen LogP contribution in [0.4, 0.5) is 9.59 Å². The molecular weight excluding hydrogens is 566 g/mol. The van der Waals surface area contributed by atoms with Crippen molar-refractivity contribution in [3.8, 4) is 0 Å². The molecule has 44 heavy (non-hydrogen) atoms. The minimum Gasteiger partial charge on any atom is -0.457 e. The number of nitrogens with zero attached hydrogens (tertiary/aromatic N) is 3. The summed E-state index contributed by atoms with van der Waals surface area (Å²) in [5.74, 6) is -0.608. The van der Waals surface area contributed by atoms with E-state index in [0.29, 0.717) is 38.9 Å². The van der Waals surface area contributed by atoms with Gasteiger partial charge in [-0.05, 0) is 64.6 Å². The lowest BCUT2D eigenvalue weighted by atomic mass is 9.89. The first kappa shape index (κ1) is 35.6. The third-order valence-electron chi connectivity index (χ3n) is 8.78. The summed E-state index contributed by atoms with van der Waals surface area (Å²) < 4.78 is 17.3. The number of carbonyl (C=O) groups excluding carboxylic acids is 3. The first-order valence-corrected chi connectivity index (χ1v) is 16.0. The largest absolute Gasteiger partial charge is 0.457 e. The average Bonchev–Trinajstić information content (AvgIpc) is 3.47. The standard InChI is InChI=1S/C33H53N3O8/c1-24(23-42-32(40)36-17-9-12-27(36)22-37)10-8-11-25(2)30-26(3)14-15-28(33(4,41)16-7-6-13-29(38)44-30)43-31(39)35-20-18-34(5)19-21-35/h8,10-11,14-15,24,26-28,30,37,41H,6-7,9,12-13,16-23H2,1-5H3/b10-8+,15-14-,25-11+/t24-,26+,27-,28+,30-,33+/m1/s1. The maximum atomic E-state index is 13.0. The number of ether oxygens (including phenoxy) is 3. The first-order chi connectivity index (χ1) is 20.9. The van der Waals surface area contributed by atoms with Crippen LogP contribution >= 0.6 is 0 Å². The highest BCUT2D eigenvalue weighted by Crippen LogP contribution is 2.27. The van der Waals surface area contributed by atoms with Gasteiger partial charge in [0, 0.05) is 51.0 Å². The summed E-state index contributed by atoms with van der Waals surface area (Å²) in [5, 5.41) is 20.8. The number of rotatable bonds is 7. The molecule has 0 saturated carbocycles. The van der Waals surface area contributed by atoms with E-state index >= 15 is 0 Å². The van der Waals surface area contributed by atoms with Crippen molar-refractivity contribution in [3.63, 3.8) is 0 Å². The van der Waals surface area contributed by atoms with Crippen molar-refractivity contribution < 1.29 is 38.8 Å². The van der Waals surface area contributed by atoms with Crippen LogP contribution in [0.15, 0.2) is 36.0 Å². The van der Waals surface area contributed by atoms with E-state index in [-0.39, 0.29) is 43.5 Å². The molecule has 2 saturated heterocycles. The zero-order valence-electron chi connectivity index (χ0n) is 27.2. The Hall–Kier alpha value is -2.89. The number of carbonyl (C=O) groups is 3. The number of aliphatic hydroxyl groups excluding tert-OH is 1. The molecule has 11 nitrogen and oxygen atoms in total. The van der Waals surface area contributed by atoms with Gasteiger partial charge in [-0.1, -0.05) is 38.2 Å². The van der Waals surface area contributed by atoms with Crippen LogP contribution in [0.3, 0.4) is 0 Å². The molecule has 0 spiro atoms. The molecule has 3 heterocycles. The molecule has 2 N–H and O–H groups in total. The molecule has 248 valence electrons. The molecule has 0 unspecified atom stereocenters. The van der Waals surface area contributed by atoms with Gasteiger partial charge in [0.05, 0.1) is 19.3 Å². The lowest BCUT2D eigenvalue weighted by Gasteiger charge is -2.36. The second-order valence-electron chi connectivity index (χ2n) is 12.8. The normalized spacial score (nSPS) is 31.2. The van der Waals surface area contributed by atoms with Gasteiger partial charge in [-0.25, -0.2) is 9.59 Å². The molecule has 3 aliphatic rings. The summed E-state index contributed by atoms with van der Waals surface area (Å²) in [6, 6.07) is -0.172. The Morgan fingerprint density at radius 1 is 1.14 bits per heavy atom. The van der Waals surface area contributed by atoms with Crippen LogP contribution in [0.2, 0.25) is 0 Å². The fourth-order valence-corrected chi connectivity index (χ4v) is 5.73. The van der Waals surface area contributed by atoms with E-state index in [2.05, 4.69) is 4.90 Å². The van der Waals surface area contributed by atoms with Crippen molar-refractivity contribution in [2.45, 2.75) is 90.1 Å². The van der Waals surface area contributed by atoms with Crippen LogP contribution in [0, 0.1) is 11.8 Å². The number of cyclic esters (lactones) is 1. The predicted molar refractivity (Wildman–Crippen MR) is 167 cm³/mol. The lowest BCUT2D eigenvalue weighted by molar-refractivity contribution is -0.149. The molecule has 0 aromatic carbocycles. The number of esters is 1. The molecule has 0 aromatic heterocycles. The molecule has 11 heteroatoms. The molecular formula is C33H53N3O8. The maximum Gasteiger partial charge on any atom is 0.410 e. The third kappa shape index (κ3) is 10.6. The van der Waals surface area contributed by atoms with Crippen LogP contribution in [0.5, 0.6) is 0 Å². The second-order valence-corrected chi connectivity index (χ2v) is 12.8. The van der Waals surface area contributed by atoms with Crippen molar-refractivity contribution >= 4 is 18.2 Å². The van der Waals surface area contributed by atoms with Crippen LogP contribution in [0.1, 0.15) is 66.2 Å². The Labute approximate surface area is 262 Å². The van der Waals surface area contributed by atoms with E-state index < -0.39 is 30.0 Å². The van der Waals surface area contributed by atoms with Crippen molar-refractivity contribution in [1.82, 2.24) is 14.7 Å². The molecule has 6 atom stereocenters. The molecule has 2 fully saturated rings. The molecule has 3 aliphatic heterocycles. The Balaban J connectivity index is 1.66. The topological polar surface area (TPSA) is 129 Å². The maximum absolute atomic E-state index is 13.0. The third-order valence-corrected chi connectivity index (χ3v) is 8.78. The summed E-state index contributed by atoms with van der Waals surface area (Å²) in [6.07, 6.45) is 10.4. The highest BCUT2D eigenvalue weighted by atomic mass is 16.6. The number of amides is 2. The summed E-state index contributed by atoms with van der Waals surface area (Å²) in [7, 11) is 2.02. The number of aliphatic hydroxyl groups is 2. The SMILES string of the molecule is C/C(=C\C=C\[C@@H](C)COC(=O)N1CCC[C@@H]1CO)[C@H]1OC(=O)CCCC[C@](C)(O)[C@@H](OC(=O)N2CCN(C)CC2)/C=C\[C@@H]1C. The van der Waals surface area contributed by atoms with Crippen molar-refractivity contribution in [3.05, 3.63) is 36.0 Å². The predicted octanol–water partition coefficient (Wildman–Crippen LogP) is 3.90. The van der Waals surface area contributed by atoms with Gasteiger partial charge in [-0.15, -0.1) is 0 Å². The molecule has 0 radical (unpaired) electrons. The van der Waals surface area contributed by atoms with Gasteiger partial charge >= 0.3 is 18.2 Å². The monoisotopic (exact) mass is 619 g/mol. The summed E-state index contributed by atoms with van der Waals surface area (Å²) >= 11 is 0. The molecule has 0 aromatic rings. The van der Waals surface area contributed by atoms with Gasteiger partial charge < -0.3 is 39.1 Å². The fourth-order valence-electron chi connectivity index (χ4n) is 5.73. The van der Waals surface area contributed by atoms with E-state index in [0.717, 1.165) is 31.5 Å². The number of allylic oxidation sites excluding steroid dienone is 2. The number of likely N-dealkylation sites (N-methyl/N-ethyl adjacent to an activating group) is 1. The Morgan fingerprint density at radius 3 is 2.57 bits per heavy atom. The molecule has 2 amide bonds. The van der Waals surface area contributed by atoms with Crippen LogP contribution in [-0.4, -0.2) is 120 Å². The van der Waals surface area contributed by atoms with E-state index in [9.17, 15) is 24.6 Å². The van der Waals surface area contributed by atoms with Gasteiger partial charge in [0.15, 0.2) is 6.10 Å². The highest BCUT2D eigenvalue weighted by Gasteiger charge is 2.36. The fraction of sp³-hybridized carbons (Fsp3) is 0.727. The Kier molecular flexibility index (Phi) is 13.7. The van der Waals surface area contributed by atoms with Crippen LogP contribution < -0.4 is 0 Å². The quantitative estimate of drug-likeness (QED) is 0.189. The number of piperazine rings is 1. The average molecular weight is 620 g/mol. The van der Waals surface area contributed by atoms with E-state index in [1.54, 1.807) is 22.8 Å². The van der Waals surface area contributed by atoms with Gasteiger partial charge in [0.1, 0.15) is 11.7 Å². The summed E-state index contributed by atoms with van der Waals surface area (Å²) in [5.41, 5.74) is -0.466. The van der Waals surface area contributed by atoms with Crippen molar-refractivity contribution in [1.29, 1.82) is 0 Å². The molecule has 0 bridgehead atoms. The first-order valence-electron chi connectivity index (χ1n) is 16.0. The number of hydrogen-bond donors (Lipinski definition) is 2. The zero-order chi connectivity index (χ0) is 32.3. The minimum atomic E-state index is -1.29. The van der Waals surface area contributed by atoms with E-state index in [1.807, 2.05) is 52.1 Å². The Bertz CT molecular complexity index is 1050. The summed E-state index contributed by atoms with van der Waals surface area (Å²) in [6.45, 7) is 10.9. The Morgan fingerprint density at radius 2 is 1.86 bits per heavy atom. The number of hydrogen-bond acceptors (Lipinski definition) is 9. The van der Waals surface area contributed by atoms with Crippen LogP contribution in [0.25, 0.3) is 0 Å². The van der Waals surface area contributed by atoms with Crippen molar-refractivity contribution in [2.75, 3.05) is 53.0 Å². The van der Waals surface area contributed by atoms with E-state index in [4.69, 9.17) is 14.2 Å². The van der Waals surface area contributed by atoms with Gasteiger partial charge in [0.25, 0.3) is 0 Å².